The Morgan fingerprint density at radius 1 is 0.941 bits per heavy atom. The Kier molecular flexibility index (Phi) is 5.63. The second-order valence-electron chi connectivity index (χ2n) is 9.67. The van der Waals surface area contributed by atoms with Crippen molar-refractivity contribution in [2.45, 2.75) is 25.8 Å². The van der Waals surface area contributed by atoms with E-state index in [9.17, 15) is 0 Å². The zero-order chi connectivity index (χ0) is 23.2. The van der Waals surface area contributed by atoms with Gasteiger partial charge in [-0.3, -0.25) is 9.88 Å². The number of hydrogen-bond acceptors (Lipinski definition) is 6. The molecule has 0 radical (unpaired) electrons. The molecule has 7 nitrogen and oxygen atoms in total. The highest BCUT2D eigenvalue weighted by atomic mass is 35.5. The summed E-state index contributed by atoms with van der Waals surface area (Å²) in [6.45, 7) is 8.90. The molecule has 34 heavy (non-hydrogen) atoms. The van der Waals surface area contributed by atoms with E-state index in [1.165, 1.54) is 39.0 Å². The maximum atomic E-state index is 6.33. The molecule has 2 fully saturated rings. The quantitative estimate of drug-likeness (QED) is 0.444. The number of anilines is 1. The lowest BCUT2D eigenvalue weighted by Gasteiger charge is -2.42. The van der Waals surface area contributed by atoms with Crippen LogP contribution in [0.1, 0.15) is 18.4 Å². The number of halogens is 1. The van der Waals surface area contributed by atoms with Gasteiger partial charge >= 0.3 is 0 Å². The van der Waals surface area contributed by atoms with Crippen LogP contribution in [0.15, 0.2) is 43.0 Å². The molecule has 2 aliphatic rings. The normalized spacial score (nSPS) is 18.9. The molecule has 0 aliphatic carbocycles. The van der Waals surface area contributed by atoms with Crippen LogP contribution in [0.4, 0.5) is 5.69 Å². The van der Waals surface area contributed by atoms with E-state index in [-0.39, 0.29) is 0 Å². The predicted octanol–water partition coefficient (Wildman–Crippen LogP) is 4.12. The van der Waals surface area contributed by atoms with Gasteiger partial charge in [0, 0.05) is 67.5 Å². The van der Waals surface area contributed by atoms with Crippen LogP contribution >= 0.6 is 11.6 Å². The van der Waals surface area contributed by atoms with E-state index in [2.05, 4.69) is 44.1 Å². The molecule has 0 bridgehead atoms. The molecule has 176 valence electrons. The molecule has 2 aliphatic heterocycles. The number of likely N-dealkylation sites (N-methyl/N-ethyl adjacent to an activating group) is 1. The first-order valence-corrected chi connectivity index (χ1v) is 12.5. The Balaban J connectivity index is 1.24. The monoisotopic (exact) mass is 475 g/mol. The molecule has 4 aromatic rings. The van der Waals surface area contributed by atoms with Crippen molar-refractivity contribution in [3.63, 3.8) is 0 Å². The molecule has 0 N–H and O–H groups in total. The fraction of sp³-hybridized carbons (Fsp3) is 0.423. The number of piperidine rings is 1. The zero-order valence-corrected chi connectivity index (χ0v) is 20.5. The average molecular weight is 476 g/mol. The predicted molar refractivity (Wildman–Crippen MR) is 138 cm³/mol. The maximum Gasteiger partial charge on any atom is 0.162 e. The number of hydrogen-bond donors (Lipinski definition) is 0. The van der Waals surface area contributed by atoms with Gasteiger partial charge in [-0.1, -0.05) is 11.6 Å². The lowest BCUT2D eigenvalue weighted by molar-refractivity contribution is 0.0982. The van der Waals surface area contributed by atoms with Crippen LogP contribution in [-0.2, 0) is 0 Å². The van der Waals surface area contributed by atoms with E-state index in [0.717, 1.165) is 57.0 Å². The Bertz CT molecular complexity index is 1330. The van der Waals surface area contributed by atoms with Crippen LogP contribution in [0.25, 0.3) is 27.7 Å². The number of aromatic nitrogens is 4. The van der Waals surface area contributed by atoms with Gasteiger partial charge in [0.05, 0.1) is 29.8 Å². The SMILES string of the molecule is Cc1cc2c(-c3cnn4cc(N5CCC(N6CCN(C)CC6)CC5)cnc34)ccnc2cc1Cl. The summed E-state index contributed by atoms with van der Waals surface area (Å²) in [4.78, 5) is 16.9. The summed E-state index contributed by atoms with van der Waals surface area (Å²) in [6, 6.07) is 6.77. The number of nitrogens with zero attached hydrogens (tertiary/aromatic N) is 7. The van der Waals surface area contributed by atoms with Crippen molar-refractivity contribution in [2.24, 2.45) is 0 Å². The van der Waals surface area contributed by atoms with Gasteiger partial charge in [-0.05, 0) is 56.1 Å². The van der Waals surface area contributed by atoms with Crippen molar-refractivity contribution in [3.8, 4) is 11.1 Å². The molecule has 2 saturated heterocycles. The van der Waals surface area contributed by atoms with E-state index in [1.54, 1.807) is 0 Å². The molecular weight excluding hydrogens is 446 g/mol. The van der Waals surface area contributed by atoms with Crippen molar-refractivity contribution in [3.05, 3.63) is 53.6 Å². The molecule has 3 aromatic heterocycles. The van der Waals surface area contributed by atoms with Gasteiger partial charge in [0.2, 0.25) is 0 Å². The van der Waals surface area contributed by atoms with Crippen LogP contribution in [0, 0.1) is 6.92 Å². The number of benzene rings is 1. The van der Waals surface area contributed by atoms with Crippen molar-refractivity contribution in [1.29, 1.82) is 0 Å². The van der Waals surface area contributed by atoms with Gasteiger partial charge in [-0.25, -0.2) is 9.50 Å². The highest BCUT2D eigenvalue weighted by Crippen LogP contribution is 2.33. The topological polar surface area (TPSA) is 52.8 Å². The third-order valence-electron chi connectivity index (χ3n) is 7.54. The molecule has 0 amide bonds. The largest absolute Gasteiger partial charge is 0.369 e. The highest BCUT2D eigenvalue weighted by Gasteiger charge is 2.27. The average Bonchev–Trinajstić information content (AvgIpc) is 3.28. The van der Waals surface area contributed by atoms with Crippen LogP contribution in [0.2, 0.25) is 5.02 Å². The molecule has 0 unspecified atom stereocenters. The van der Waals surface area contributed by atoms with Crippen molar-refractivity contribution in [2.75, 3.05) is 51.2 Å². The molecule has 1 aromatic carbocycles. The van der Waals surface area contributed by atoms with Gasteiger partial charge in [0.15, 0.2) is 5.65 Å². The van der Waals surface area contributed by atoms with Crippen LogP contribution in [-0.4, -0.2) is 81.7 Å². The number of rotatable bonds is 3. The molecule has 5 heterocycles. The first kappa shape index (κ1) is 21.8. The van der Waals surface area contributed by atoms with Crippen LogP contribution in [0.5, 0.6) is 0 Å². The third kappa shape index (κ3) is 3.91. The number of aryl methyl sites for hydroxylation is 1. The van der Waals surface area contributed by atoms with Crippen molar-refractivity contribution in [1.82, 2.24) is 29.4 Å². The Hall–Kier alpha value is -2.74. The minimum Gasteiger partial charge on any atom is -0.369 e. The van der Waals surface area contributed by atoms with Crippen molar-refractivity contribution >= 4 is 33.8 Å². The molecule has 6 rings (SSSR count). The second kappa shape index (κ2) is 8.80. The van der Waals surface area contributed by atoms with E-state index >= 15 is 0 Å². The van der Waals surface area contributed by atoms with Crippen LogP contribution in [0.3, 0.4) is 0 Å². The molecule has 0 saturated carbocycles. The molecule has 0 atom stereocenters. The standard InChI is InChI=1S/C26H30ClN7/c1-18-13-22-21(3-6-28-25(22)14-24(18)27)23-16-30-34-17-20(15-29-26(23)34)32-7-4-19(5-8-32)33-11-9-31(2)10-12-33/h3,6,13-17,19H,4-5,7-12H2,1-2H3. The van der Waals surface area contributed by atoms with Gasteiger partial charge < -0.3 is 9.80 Å². The summed E-state index contributed by atoms with van der Waals surface area (Å²) in [5.74, 6) is 0. The first-order chi connectivity index (χ1) is 16.6. The number of fused-ring (bicyclic) bond motifs is 2. The lowest BCUT2D eigenvalue weighted by Crippen LogP contribution is -2.52. The molecule has 0 spiro atoms. The molecular formula is C26H30ClN7. The van der Waals surface area contributed by atoms with E-state index in [1.807, 2.05) is 42.2 Å². The Morgan fingerprint density at radius 2 is 1.74 bits per heavy atom. The lowest BCUT2D eigenvalue weighted by atomic mass is 10.0. The highest BCUT2D eigenvalue weighted by molar-refractivity contribution is 6.32. The Morgan fingerprint density at radius 3 is 2.53 bits per heavy atom. The first-order valence-electron chi connectivity index (χ1n) is 12.1. The van der Waals surface area contributed by atoms with Crippen molar-refractivity contribution < 1.29 is 0 Å². The zero-order valence-electron chi connectivity index (χ0n) is 19.8. The summed E-state index contributed by atoms with van der Waals surface area (Å²) in [7, 11) is 2.22. The summed E-state index contributed by atoms with van der Waals surface area (Å²) in [6.07, 6.45) is 10.3. The van der Waals surface area contributed by atoms with Gasteiger partial charge in [0.25, 0.3) is 0 Å². The summed E-state index contributed by atoms with van der Waals surface area (Å²) >= 11 is 6.33. The smallest absolute Gasteiger partial charge is 0.162 e. The second-order valence-corrected chi connectivity index (χ2v) is 10.1. The van der Waals surface area contributed by atoms with Gasteiger partial charge in [-0.2, -0.15) is 5.10 Å². The van der Waals surface area contributed by atoms with E-state index < -0.39 is 0 Å². The summed E-state index contributed by atoms with van der Waals surface area (Å²) < 4.78 is 1.91. The fourth-order valence-corrected chi connectivity index (χ4v) is 5.56. The minimum absolute atomic E-state index is 0.704. The van der Waals surface area contributed by atoms with Crippen LogP contribution < -0.4 is 4.90 Å². The fourth-order valence-electron chi connectivity index (χ4n) is 5.40. The number of piperazine rings is 1. The third-order valence-corrected chi connectivity index (χ3v) is 7.95. The van der Waals surface area contributed by atoms with Gasteiger partial charge in [0.1, 0.15) is 0 Å². The van der Waals surface area contributed by atoms with Gasteiger partial charge in [-0.15, -0.1) is 0 Å². The molecule has 8 heteroatoms. The summed E-state index contributed by atoms with van der Waals surface area (Å²) in [5.41, 5.74) is 6.00. The maximum absolute atomic E-state index is 6.33. The minimum atomic E-state index is 0.704. The van der Waals surface area contributed by atoms with E-state index in [0.29, 0.717) is 6.04 Å². The summed E-state index contributed by atoms with van der Waals surface area (Å²) in [5, 5.41) is 6.46. The number of pyridine rings is 1. The Labute approximate surface area is 205 Å². The van der Waals surface area contributed by atoms with E-state index in [4.69, 9.17) is 16.6 Å².